The molecule has 0 saturated carbocycles. The molecule has 0 aliphatic carbocycles. The molecule has 2 N–H and O–H groups in total. The lowest BCUT2D eigenvalue weighted by Crippen LogP contribution is -2.34. The van der Waals surface area contributed by atoms with E-state index in [1.54, 1.807) is 40.5 Å². The van der Waals surface area contributed by atoms with Gasteiger partial charge < -0.3 is 15.5 Å². The highest BCUT2D eigenvalue weighted by atomic mass is 32.1. The number of carbonyl (C=O) groups excluding carboxylic acids is 3. The molecule has 1 aromatic carbocycles. The molecule has 136 valence electrons. The third-order valence-corrected chi connectivity index (χ3v) is 5.16. The van der Waals surface area contributed by atoms with Gasteiger partial charge in [-0.3, -0.25) is 14.4 Å². The van der Waals surface area contributed by atoms with E-state index in [9.17, 15) is 14.4 Å². The van der Waals surface area contributed by atoms with E-state index in [-0.39, 0.29) is 30.1 Å². The molecular formula is C19H21N3O3S. The average Bonchev–Trinajstić information content (AvgIpc) is 3.24. The zero-order chi connectivity index (χ0) is 18.5. The van der Waals surface area contributed by atoms with Crippen molar-refractivity contribution in [2.45, 2.75) is 19.8 Å². The topological polar surface area (TPSA) is 78.5 Å². The van der Waals surface area contributed by atoms with Crippen LogP contribution in [0.15, 0.2) is 41.8 Å². The van der Waals surface area contributed by atoms with Crippen LogP contribution in [0.2, 0.25) is 0 Å². The molecule has 6 nitrogen and oxygen atoms in total. The summed E-state index contributed by atoms with van der Waals surface area (Å²) < 4.78 is 0. The smallest absolute Gasteiger partial charge is 0.227 e. The van der Waals surface area contributed by atoms with Crippen LogP contribution < -0.4 is 15.5 Å². The number of rotatable bonds is 6. The first-order valence-corrected chi connectivity index (χ1v) is 9.39. The molecule has 0 radical (unpaired) electrons. The summed E-state index contributed by atoms with van der Waals surface area (Å²) in [4.78, 5) is 38.7. The molecule has 2 aromatic rings. The third kappa shape index (κ3) is 4.49. The minimum atomic E-state index is -0.352. The lowest BCUT2D eigenvalue weighted by Gasteiger charge is -2.17. The van der Waals surface area contributed by atoms with Crippen LogP contribution in [-0.4, -0.2) is 30.8 Å². The van der Waals surface area contributed by atoms with Gasteiger partial charge in [-0.05, 0) is 36.1 Å². The number of nitrogens with zero attached hydrogens (tertiary/aromatic N) is 1. The van der Waals surface area contributed by atoms with Gasteiger partial charge in [-0.2, -0.15) is 0 Å². The molecule has 1 aliphatic heterocycles. The van der Waals surface area contributed by atoms with E-state index < -0.39 is 0 Å². The Bertz CT molecular complexity index is 804. The average molecular weight is 371 g/mol. The molecule has 2 heterocycles. The van der Waals surface area contributed by atoms with Gasteiger partial charge in [-0.1, -0.05) is 12.1 Å². The highest BCUT2D eigenvalue weighted by molar-refractivity contribution is 7.09. The monoisotopic (exact) mass is 371 g/mol. The molecule has 1 atom stereocenters. The van der Waals surface area contributed by atoms with Crippen molar-refractivity contribution >= 4 is 40.4 Å². The summed E-state index contributed by atoms with van der Waals surface area (Å²) >= 11 is 1.67. The van der Waals surface area contributed by atoms with Crippen LogP contribution in [0.1, 0.15) is 18.2 Å². The number of hydrogen-bond acceptors (Lipinski definition) is 4. The van der Waals surface area contributed by atoms with Gasteiger partial charge in [-0.15, -0.1) is 11.3 Å². The van der Waals surface area contributed by atoms with Gasteiger partial charge >= 0.3 is 0 Å². The Morgan fingerprint density at radius 2 is 2.12 bits per heavy atom. The first kappa shape index (κ1) is 18.1. The van der Waals surface area contributed by atoms with Crippen molar-refractivity contribution < 1.29 is 14.4 Å². The normalized spacial score (nSPS) is 16.6. The number of anilines is 2. The Balaban J connectivity index is 1.57. The van der Waals surface area contributed by atoms with Crippen LogP contribution in [0.3, 0.4) is 0 Å². The van der Waals surface area contributed by atoms with Gasteiger partial charge in [0.25, 0.3) is 0 Å². The lowest BCUT2D eigenvalue weighted by molar-refractivity contribution is -0.126. The molecule has 1 fully saturated rings. The summed E-state index contributed by atoms with van der Waals surface area (Å²) in [6.45, 7) is 2.36. The van der Waals surface area contributed by atoms with Crippen LogP contribution in [-0.2, 0) is 20.8 Å². The lowest BCUT2D eigenvalue weighted by atomic mass is 10.1. The van der Waals surface area contributed by atoms with Crippen LogP contribution in [0.4, 0.5) is 11.4 Å². The van der Waals surface area contributed by atoms with E-state index in [1.807, 2.05) is 17.5 Å². The fourth-order valence-corrected chi connectivity index (χ4v) is 3.70. The summed E-state index contributed by atoms with van der Waals surface area (Å²) in [5, 5.41) is 7.64. The highest BCUT2D eigenvalue weighted by Crippen LogP contribution is 2.27. The predicted molar refractivity (Wildman–Crippen MR) is 102 cm³/mol. The Morgan fingerprint density at radius 3 is 2.85 bits per heavy atom. The van der Waals surface area contributed by atoms with Gasteiger partial charge in [0.1, 0.15) is 0 Å². The van der Waals surface area contributed by atoms with E-state index in [2.05, 4.69) is 10.6 Å². The SMILES string of the molecule is CC(=O)Nc1cccc(N2CC(C(=O)NCCc3cccs3)CC2=O)c1. The van der Waals surface area contributed by atoms with Gasteiger partial charge in [0.2, 0.25) is 17.7 Å². The van der Waals surface area contributed by atoms with Crippen LogP contribution >= 0.6 is 11.3 Å². The van der Waals surface area contributed by atoms with Crippen LogP contribution in [0.25, 0.3) is 0 Å². The number of nitrogens with one attached hydrogen (secondary N) is 2. The number of hydrogen-bond donors (Lipinski definition) is 2. The number of benzene rings is 1. The zero-order valence-electron chi connectivity index (χ0n) is 14.5. The zero-order valence-corrected chi connectivity index (χ0v) is 15.3. The quantitative estimate of drug-likeness (QED) is 0.819. The predicted octanol–water partition coefficient (Wildman–Crippen LogP) is 2.42. The van der Waals surface area contributed by atoms with Crippen molar-refractivity contribution in [2.24, 2.45) is 5.92 Å². The van der Waals surface area contributed by atoms with E-state index in [0.29, 0.717) is 24.5 Å². The van der Waals surface area contributed by atoms with Crippen molar-refractivity contribution in [2.75, 3.05) is 23.3 Å². The van der Waals surface area contributed by atoms with Gasteiger partial charge in [0, 0.05) is 42.7 Å². The first-order chi connectivity index (χ1) is 12.5. The minimum absolute atomic E-state index is 0.0802. The Morgan fingerprint density at radius 1 is 1.27 bits per heavy atom. The van der Waals surface area contributed by atoms with Gasteiger partial charge in [0.05, 0.1) is 5.92 Å². The van der Waals surface area contributed by atoms with Crippen molar-refractivity contribution in [3.63, 3.8) is 0 Å². The van der Waals surface area contributed by atoms with E-state index in [0.717, 1.165) is 6.42 Å². The number of thiophene rings is 1. The van der Waals surface area contributed by atoms with Gasteiger partial charge in [0.15, 0.2) is 0 Å². The number of carbonyl (C=O) groups is 3. The Kier molecular flexibility index (Phi) is 5.68. The second kappa shape index (κ2) is 8.14. The van der Waals surface area contributed by atoms with Gasteiger partial charge in [-0.25, -0.2) is 0 Å². The van der Waals surface area contributed by atoms with Crippen LogP contribution in [0.5, 0.6) is 0 Å². The minimum Gasteiger partial charge on any atom is -0.355 e. The maximum absolute atomic E-state index is 12.4. The molecule has 1 aliphatic rings. The summed E-state index contributed by atoms with van der Waals surface area (Å²) in [5.74, 6) is -0.688. The van der Waals surface area contributed by atoms with Crippen LogP contribution in [0, 0.1) is 5.92 Å². The molecule has 0 bridgehead atoms. The second-order valence-electron chi connectivity index (χ2n) is 6.26. The molecule has 1 aromatic heterocycles. The Hall–Kier alpha value is -2.67. The molecule has 1 saturated heterocycles. The molecular weight excluding hydrogens is 350 g/mol. The molecule has 7 heteroatoms. The third-order valence-electron chi connectivity index (χ3n) is 4.22. The van der Waals surface area contributed by atoms with E-state index in [4.69, 9.17) is 0 Å². The summed E-state index contributed by atoms with van der Waals surface area (Å²) in [7, 11) is 0. The fourth-order valence-electron chi connectivity index (χ4n) is 3.00. The summed E-state index contributed by atoms with van der Waals surface area (Å²) in [6, 6.07) is 11.1. The van der Waals surface area contributed by atoms with Crippen molar-refractivity contribution in [3.05, 3.63) is 46.7 Å². The first-order valence-electron chi connectivity index (χ1n) is 8.51. The fraction of sp³-hybridized carbons (Fsp3) is 0.316. The highest BCUT2D eigenvalue weighted by Gasteiger charge is 2.35. The van der Waals surface area contributed by atoms with E-state index >= 15 is 0 Å². The largest absolute Gasteiger partial charge is 0.355 e. The van der Waals surface area contributed by atoms with Crippen molar-refractivity contribution in [1.82, 2.24) is 5.32 Å². The maximum atomic E-state index is 12.4. The standard InChI is InChI=1S/C19H21N3O3S/c1-13(23)21-15-4-2-5-16(11-15)22-12-14(10-18(22)24)19(25)20-8-7-17-6-3-9-26-17/h2-6,9,11,14H,7-8,10,12H2,1H3,(H,20,25)(H,21,23). The van der Waals surface area contributed by atoms with Crippen molar-refractivity contribution in [3.8, 4) is 0 Å². The Labute approximate surface area is 156 Å². The molecule has 1 unspecified atom stereocenters. The molecule has 3 amide bonds. The molecule has 26 heavy (non-hydrogen) atoms. The molecule has 0 spiro atoms. The maximum Gasteiger partial charge on any atom is 0.227 e. The summed E-state index contributed by atoms with van der Waals surface area (Å²) in [6.07, 6.45) is 1.00. The van der Waals surface area contributed by atoms with E-state index in [1.165, 1.54) is 11.8 Å². The second-order valence-corrected chi connectivity index (χ2v) is 7.29. The molecule has 3 rings (SSSR count). The number of amides is 3. The van der Waals surface area contributed by atoms with Crippen molar-refractivity contribution in [1.29, 1.82) is 0 Å². The summed E-state index contributed by atoms with van der Waals surface area (Å²) in [5.41, 5.74) is 1.32.